The number of carbonyl (C=O) groups is 1. The van der Waals surface area contributed by atoms with E-state index in [1.54, 1.807) is 7.11 Å². The highest BCUT2D eigenvalue weighted by Crippen LogP contribution is 2.21. The number of amides is 1. The van der Waals surface area contributed by atoms with E-state index in [0.29, 0.717) is 30.2 Å². The molecule has 1 saturated heterocycles. The minimum absolute atomic E-state index is 0.259. The van der Waals surface area contributed by atoms with Gasteiger partial charge in [-0.2, -0.15) is 0 Å². The van der Waals surface area contributed by atoms with Crippen molar-refractivity contribution in [3.63, 3.8) is 0 Å². The molecule has 1 aliphatic heterocycles. The molecule has 0 aromatic heterocycles. The average Bonchev–Trinajstić information content (AvgIpc) is 2.46. The van der Waals surface area contributed by atoms with Gasteiger partial charge in [0, 0.05) is 24.9 Å². The van der Waals surface area contributed by atoms with Crippen LogP contribution in [-0.4, -0.2) is 61.2 Å². The van der Waals surface area contributed by atoms with Gasteiger partial charge in [-0.25, -0.2) is 0 Å². The minimum Gasteiger partial charge on any atom is -0.383 e. The third kappa shape index (κ3) is 6.15. The third-order valence-electron chi connectivity index (χ3n) is 3.71. The maximum Gasteiger partial charge on any atom is 0.232 e. The van der Waals surface area contributed by atoms with E-state index in [-0.39, 0.29) is 5.91 Å². The molecule has 1 fully saturated rings. The van der Waals surface area contributed by atoms with Crippen LogP contribution in [0.25, 0.3) is 0 Å². The monoisotopic (exact) mass is 288 g/mol. The molecule has 0 aromatic rings. The van der Waals surface area contributed by atoms with Gasteiger partial charge in [-0.3, -0.25) is 4.79 Å². The number of piperidine rings is 1. The first-order valence-corrected chi connectivity index (χ1v) is 8.34. The van der Waals surface area contributed by atoms with Gasteiger partial charge in [-0.1, -0.05) is 6.92 Å². The van der Waals surface area contributed by atoms with E-state index in [9.17, 15) is 4.79 Å². The van der Waals surface area contributed by atoms with Gasteiger partial charge in [0.1, 0.15) is 0 Å². The average molecular weight is 288 g/mol. The maximum atomic E-state index is 12.3. The predicted octanol–water partition coefficient (Wildman–Crippen LogP) is 1.75. The summed E-state index contributed by atoms with van der Waals surface area (Å²) in [5.41, 5.74) is 0. The molecule has 0 saturated carbocycles. The highest BCUT2D eigenvalue weighted by Gasteiger charge is 2.21. The number of ether oxygens (including phenoxy) is 1. The Morgan fingerprint density at radius 3 is 2.74 bits per heavy atom. The van der Waals surface area contributed by atoms with Crippen LogP contribution in [0.5, 0.6) is 0 Å². The second-order valence-corrected chi connectivity index (χ2v) is 6.39. The number of nitrogens with one attached hydrogen (secondary N) is 1. The van der Waals surface area contributed by atoms with Crippen molar-refractivity contribution in [3.05, 3.63) is 0 Å². The molecule has 19 heavy (non-hydrogen) atoms. The molecule has 0 aromatic carbocycles. The first-order chi connectivity index (χ1) is 9.19. The molecule has 0 radical (unpaired) electrons. The van der Waals surface area contributed by atoms with Crippen LogP contribution in [0.1, 0.15) is 33.1 Å². The molecule has 5 heteroatoms. The highest BCUT2D eigenvalue weighted by molar-refractivity contribution is 8.00. The normalized spacial score (nSPS) is 18.3. The van der Waals surface area contributed by atoms with E-state index in [2.05, 4.69) is 19.2 Å². The summed E-state index contributed by atoms with van der Waals surface area (Å²) in [4.78, 5) is 14.3. The summed E-state index contributed by atoms with van der Waals surface area (Å²) in [5, 5.41) is 4.00. The van der Waals surface area contributed by atoms with Crippen molar-refractivity contribution in [2.75, 3.05) is 39.1 Å². The van der Waals surface area contributed by atoms with Gasteiger partial charge in [0.2, 0.25) is 5.91 Å². The number of carbonyl (C=O) groups excluding carboxylic acids is 1. The van der Waals surface area contributed by atoms with Crippen LogP contribution in [0, 0.1) is 0 Å². The first-order valence-electron chi connectivity index (χ1n) is 7.29. The van der Waals surface area contributed by atoms with Crippen LogP contribution in [0.3, 0.4) is 0 Å². The third-order valence-corrected chi connectivity index (χ3v) is 5.06. The van der Waals surface area contributed by atoms with Crippen molar-refractivity contribution in [3.8, 4) is 0 Å². The molecule has 1 N–H and O–H groups in total. The molecule has 1 rings (SSSR count). The Labute approximate surface area is 121 Å². The smallest absolute Gasteiger partial charge is 0.232 e. The summed E-state index contributed by atoms with van der Waals surface area (Å²) in [6, 6.07) is 0.302. The fraction of sp³-hybridized carbons (Fsp3) is 0.929. The van der Waals surface area contributed by atoms with Gasteiger partial charge in [-0.15, -0.1) is 11.8 Å². The Kier molecular flexibility index (Phi) is 8.50. The second-order valence-electron chi connectivity index (χ2n) is 5.10. The number of thioether (sulfide) groups is 1. The summed E-state index contributed by atoms with van der Waals surface area (Å²) in [6.07, 6.45) is 3.35. The summed E-state index contributed by atoms with van der Waals surface area (Å²) < 4.78 is 5.10. The quantitative estimate of drug-likeness (QED) is 0.739. The summed E-state index contributed by atoms with van der Waals surface area (Å²) in [5.74, 6) is 0.869. The molecule has 1 amide bonds. The molecule has 0 aliphatic carbocycles. The first kappa shape index (κ1) is 16.8. The van der Waals surface area contributed by atoms with Crippen molar-refractivity contribution < 1.29 is 9.53 Å². The Bertz CT molecular complexity index is 258. The SMILES string of the molecule is CCC(C)N(CCOC)C(=O)CSC1CCNCC1. The Morgan fingerprint density at radius 2 is 2.16 bits per heavy atom. The van der Waals surface area contributed by atoms with Crippen LogP contribution >= 0.6 is 11.8 Å². The lowest BCUT2D eigenvalue weighted by Crippen LogP contribution is -2.42. The zero-order chi connectivity index (χ0) is 14.1. The Hall–Kier alpha value is -0.260. The standard InChI is InChI=1S/C14H28N2O2S/c1-4-12(2)16(9-10-18-3)14(17)11-19-13-5-7-15-8-6-13/h12-13,15H,4-11H2,1-3H3. The molecule has 1 unspecified atom stereocenters. The molecular weight excluding hydrogens is 260 g/mol. The molecule has 1 heterocycles. The summed E-state index contributed by atoms with van der Waals surface area (Å²) in [6.45, 7) is 7.74. The van der Waals surface area contributed by atoms with E-state index in [1.807, 2.05) is 16.7 Å². The lowest BCUT2D eigenvalue weighted by molar-refractivity contribution is -0.131. The maximum absolute atomic E-state index is 12.3. The number of rotatable bonds is 8. The van der Waals surface area contributed by atoms with Crippen LogP contribution < -0.4 is 5.32 Å². The lowest BCUT2D eigenvalue weighted by Gasteiger charge is -2.29. The van der Waals surface area contributed by atoms with Crippen LogP contribution in [0.15, 0.2) is 0 Å². The largest absolute Gasteiger partial charge is 0.383 e. The van der Waals surface area contributed by atoms with Gasteiger partial charge in [0.15, 0.2) is 0 Å². The fourth-order valence-electron chi connectivity index (χ4n) is 2.24. The van der Waals surface area contributed by atoms with E-state index >= 15 is 0 Å². The number of nitrogens with zero attached hydrogens (tertiary/aromatic N) is 1. The van der Waals surface area contributed by atoms with Gasteiger partial charge in [-0.05, 0) is 39.3 Å². The molecule has 1 aliphatic rings. The zero-order valence-corrected chi connectivity index (χ0v) is 13.3. The topological polar surface area (TPSA) is 41.6 Å². The van der Waals surface area contributed by atoms with Crippen molar-refractivity contribution in [2.24, 2.45) is 0 Å². The number of hydrogen-bond acceptors (Lipinski definition) is 4. The highest BCUT2D eigenvalue weighted by atomic mass is 32.2. The molecule has 4 nitrogen and oxygen atoms in total. The molecular formula is C14H28N2O2S. The molecule has 0 bridgehead atoms. The van der Waals surface area contributed by atoms with Crippen LogP contribution in [0.2, 0.25) is 0 Å². The van der Waals surface area contributed by atoms with Crippen molar-refractivity contribution in [1.29, 1.82) is 0 Å². The summed E-state index contributed by atoms with van der Waals surface area (Å²) >= 11 is 1.82. The van der Waals surface area contributed by atoms with Gasteiger partial charge < -0.3 is 15.0 Å². The lowest BCUT2D eigenvalue weighted by atomic mass is 10.2. The van der Waals surface area contributed by atoms with E-state index < -0.39 is 0 Å². The van der Waals surface area contributed by atoms with Crippen LogP contribution in [0.4, 0.5) is 0 Å². The number of methoxy groups -OCH3 is 1. The van der Waals surface area contributed by atoms with Gasteiger partial charge >= 0.3 is 0 Å². The minimum atomic E-state index is 0.259. The van der Waals surface area contributed by atoms with Crippen molar-refractivity contribution in [1.82, 2.24) is 10.2 Å². The Morgan fingerprint density at radius 1 is 1.47 bits per heavy atom. The molecule has 0 spiro atoms. The predicted molar refractivity (Wildman–Crippen MR) is 81.7 cm³/mol. The summed E-state index contributed by atoms with van der Waals surface area (Å²) in [7, 11) is 1.68. The second kappa shape index (κ2) is 9.61. The van der Waals surface area contributed by atoms with E-state index in [0.717, 1.165) is 19.5 Å². The molecule has 1 atom stereocenters. The van der Waals surface area contributed by atoms with E-state index in [4.69, 9.17) is 4.74 Å². The fourth-order valence-corrected chi connectivity index (χ4v) is 3.35. The van der Waals surface area contributed by atoms with E-state index in [1.165, 1.54) is 12.8 Å². The van der Waals surface area contributed by atoms with Gasteiger partial charge in [0.25, 0.3) is 0 Å². The van der Waals surface area contributed by atoms with Gasteiger partial charge in [0.05, 0.1) is 12.4 Å². The van der Waals surface area contributed by atoms with Crippen molar-refractivity contribution >= 4 is 17.7 Å². The number of hydrogen-bond donors (Lipinski definition) is 1. The Balaban J connectivity index is 2.37. The van der Waals surface area contributed by atoms with Crippen molar-refractivity contribution in [2.45, 2.75) is 44.4 Å². The van der Waals surface area contributed by atoms with Crippen LogP contribution in [-0.2, 0) is 9.53 Å². The zero-order valence-electron chi connectivity index (χ0n) is 12.5. The molecule has 112 valence electrons.